The van der Waals surface area contributed by atoms with Gasteiger partial charge in [-0.25, -0.2) is 0 Å². The van der Waals surface area contributed by atoms with E-state index < -0.39 is 0 Å². The first-order chi connectivity index (χ1) is 8.63. The van der Waals surface area contributed by atoms with Gasteiger partial charge in [0.1, 0.15) is 6.04 Å². The normalized spacial score (nSPS) is 30.6. The predicted molar refractivity (Wildman–Crippen MR) is 76.0 cm³/mol. The van der Waals surface area contributed by atoms with E-state index in [2.05, 4.69) is 5.32 Å². The van der Waals surface area contributed by atoms with Crippen LogP contribution in [0.1, 0.15) is 38.5 Å². The highest BCUT2D eigenvalue weighted by atomic mass is 35.5. The van der Waals surface area contributed by atoms with Gasteiger partial charge in [-0.05, 0) is 32.1 Å². The maximum absolute atomic E-state index is 12.5. The van der Waals surface area contributed by atoms with Gasteiger partial charge in [0.2, 0.25) is 11.8 Å². The lowest BCUT2D eigenvalue weighted by Crippen LogP contribution is -2.48. The molecule has 6 heteroatoms. The topological polar surface area (TPSA) is 75.4 Å². The minimum atomic E-state index is -0.263. The molecule has 0 bridgehead atoms. The average molecular weight is 290 g/mol. The molecule has 1 heterocycles. The zero-order valence-corrected chi connectivity index (χ0v) is 12.2. The molecule has 3 atom stereocenters. The first kappa shape index (κ1) is 16.2. The quantitative estimate of drug-likeness (QED) is 0.784. The molecule has 2 rings (SSSR count). The van der Waals surface area contributed by atoms with Crippen LogP contribution in [0.2, 0.25) is 0 Å². The van der Waals surface area contributed by atoms with Crippen molar-refractivity contribution in [1.29, 1.82) is 0 Å². The molecule has 3 unspecified atom stereocenters. The number of carbonyl (C=O) groups excluding carboxylic acids is 2. The number of nitrogens with zero attached hydrogens (tertiary/aromatic N) is 1. The second-order valence-electron chi connectivity index (χ2n) is 5.43. The Balaban J connectivity index is 0.00000180. The molecule has 3 N–H and O–H groups in total. The fourth-order valence-corrected chi connectivity index (χ4v) is 3.16. The highest BCUT2D eigenvalue weighted by Crippen LogP contribution is 2.28. The summed E-state index contributed by atoms with van der Waals surface area (Å²) >= 11 is 0. The van der Waals surface area contributed by atoms with E-state index in [0.717, 1.165) is 38.5 Å². The van der Waals surface area contributed by atoms with Gasteiger partial charge in [-0.15, -0.1) is 12.4 Å². The van der Waals surface area contributed by atoms with Crippen molar-refractivity contribution in [2.24, 2.45) is 11.7 Å². The molecule has 110 valence electrons. The van der Waals surface area contributed by atoms with Gasteiger partial charge in [-0.2, -0.15) is 0 Å². The summed E-state index contributed by atoms with van der Waals surface area (Å²) in [5.74, 6) is 0.121. The summed E-state index contributed by atoms with van der Waals surface area (Å²) in [5, 5.41) is 2.65. The third-order valence-corrected chi connectivity index (χ3v) is 4.15. The lowest BCUT2D eigenvalue weighted by molar-refractivity contribution is -0.142. The Labute approximate surface area is 120 Å². The fourth-order valence-electron chi connectivity index (χ4n) is 3.16. The molecule has 0 aromatic heterocycles. The SMILES string of the molecule is CNC(=O)C1CCCN1C(=O)C1CCCC(N)C1.Cl. The van der Waals surface area contributed by atoms with Gasteiger partial charge in [0.05, 0.1) is 0 Å². The van der Waals surface area contributed by atoms with Crippen LogP contribution in [-0.4, -0.2) is 42.4 Å². The number of likely N-dealkylation sites (tertiary alicyclic amines) is 1. The molecule has 2 fully saturated rings. The number of carbonyl (C=O) groups is 2. The van der Waals surface area contributed by atoms with Crippen LogP contribution in [-0.2, 0) is 9.59 Å². The summed E-state index contributed by atoms with van der Waals surface area (Å²) in [5.41, 5.74) is 5.93. The lowest BCUT2D eigenvalue weighted by atomic mass is 9.85. The second-order valence-corrected chi connectivity index (χ2v) is 5.43. The number of amides is 2. The van der Waals surface area contributed by atoms with Crippen LogP contribution in [0.4, 0.5) is 0 Å². The third-order valence-electron chi connectivity index (χ3n) is 4.15. The molecule has 19 heavy (non-hydrogen) atoms. The highest BCUT2D eigenvalue weighted by Gasteiger charge is 2.37. The molecule has 2 aliphatic rings. The Morgan fingerprint density at radius 1 is 1.21 bits per heavy atom. The molecule has 2 amide bonds. The van der Waals surface area contributed by atoms with Crippen molar-refractivity contribution in [3.05, 3.63) is 0 Å². The van der Waals surface area contributed by atoms with Crippen LogP contribution < -0.4 is 11.1 Å². The third kappa shape index (κ3) is 3.60. The molecule has 1 saturated heterocycles. The van der Waals surface area contributed by atoms with Crippen molar-refractivity contribution >= 4 is 24.2 Å². The zero-order chi connectivity index (χ0) is 13.1. The van der Waals surface area contributed by atoms with Crippen molar-refractivity contribution < 1.29 is 9.59 Å². The number of rotatable bonds is 2. The Kier molecular flexibility index (Phi) is 6.07. The maximum Gasteiger partial charge on any atom is 0.242 e. The maximum atomic E-state index is 12.5. The number of halogens is 1. The van der Waals surface area contributed by atoms with Crippen molar-refractivity contribution in [2.45, 2.75) is 50.6 Å². The Hall–Kier alpha value is -0.810. The van der Waals surface area contributed by atoms with E-state index in [0.29, 0.717) is 6.54 Å². The van der Waals surface area contributed by atoms with E-state index in [1.54, 1.807) is 11.9 Å². The van der Waals surface area contributed by atoms with Crippen LogP contribution in [0.5, 0.6) is 0 Å². The average Bonchev–Trinajstić information content (AvgIpc) is 2.86. The summed E-state index contributed by atoms with van der Waals surface area (Å²) in [4.78, 5) is 26.0. The van der Waals surface area contributed by atoms with Gasteiger partial charge < -0.3 is 16.0 Å². The summed E-state index contributed by atoms with van der Waals surface area (Å²) in [6.07, 6.45) is 5.44. The zero-order valence-electron chi connectivity index (χ0n) is 11.4. The summed E-state index contributed by atoms with van der Waals surface area (Å²) in [7, 11) is 1.62. The highest BCUT2D eigenvalue weighted by molar-refractivity contribution is 5.89. The number of likely N-dealkylation sites (N-methyl/N-ethyl adjacent to an activating group) is 1. The molecule has 5 nitrogen and oxygen atoms in total. The molecule has 0 aromatic carbocycles. The fraction of sp³-hybridized carbons (Fsp3) is 0.846. The van der Waals surface area contributed by atoms with E-state index in [-0.39, 0.29) is 42.2 Å². The number of hydrogen-bond donors (Lipinski definition) is 2. The summed E-state index contributed by atoms with van der Waals surface area (Å²) < 4.78 is 0. The second kappa shape index (κ2) is 7.10. The van der Waals surface area contributed by atoms with Crippen LogP contribution in [0, 0.1) is 5.92 Å². The lowest BCUT2D eigenvalue weighted by Gasteiger charge is -2.31. The van der Waals surface area contributed by atoms with Gasteiger partial charge in [-0.3, -0.25) is 9.59 Å². The molecule has 0 radical (unpaired) electrons. The van der Waals surface area contributed by atoms with Gasteiger partial charge in [-0.1, -0.05) is 6.42 Å². The number of nitrogens with one attached hydrogen (secondary N) is 1. The van der Waals surface area contributed by atoms with E-state index in [9.17, 15) is 9.59 Å². The monoisotopic (exact) mass is 289 g/mol. The Bertz CT molecular complexity index is 338. The van der Waals surface area contributed by atoms with Crippen LogP contribution in [0.3, 0.4) is 0 Å². The predicted octanol–water partition coefficient (Wildman–Crippen LogP) is 0.663. The largest absolute Gasteiger partial charge is 0.357 e. The Morgan fingerprint density at radius 3 is 2.58 bits per heavy atom. The first-order valence-electron chi connectivity index (χ1n) is 6.91. The molecule has 1 saturated carbocycles. The summed E-state index contributed by atoms with van der Waals surface area (Å²) in [6, 6.07) is -0.116. The standard InChI is InChI=1S/C13H23N3O2.ClH/c1-15-12(17)11-6-3-7-16(11)13(18)9-4-2-5-10(14)8-9;/h9-11H,2-8,14H2,1H3,(H,15,17);1H. The summed E-state index contributed by atoms with van der Waals surface area (Å²) in [6.45, 7) is 0.711. The van der Waals surface area contributed by atoms with Crippen molar-refractivity contribution in [3.8, 4) is 0 Å². The van der Waals surface area contributed by atoms with Crippen molar-refractivity contribution in [2.75, 3.05) is 13.6 Å². The molecule has 1 aliphatic carbocycles. The van der Waals surface area contributed by atoms with Gasteiger partial charge in [0.15, 0.2) is 0 Å². The molecule has 0 spiro atoms. The van der Waals surface area contributed by atoms with E-state index in [4.69, 9.17) is 5.73 Å². The van der Waals surface area contributed by atoms with Gasteiger partial charge in [0.25, 0.3) is 0 Å². The van der Waals surface area contributed by atoms with Crippen LogP contribution in [0.25, 0.3) is 0 Å². The number of hydrogen-bond acceptors (Lipinski definition) is 3. The van der Waals surface area contributed by atoms with E-state index >= 15 is 0 Å². The van der Waals surface area contributed by atoms with Gasteiger partial charge in [0, 0.05) is 25.6 Å². The smallest absolute Gasteiger partial charge is 0.242 e. The Morgan fingerprint density at radius 2 is 1.95 bits per heavy atom. The van der Waals surface area contributed by atoms with E-state index in [1.807, 2.05) is 0 Å². The molecule has 1 aliphatic heterocycles. The molecular formula is C13H24ClN3O2. The van der Waals surface area contributed by atoms with E-state index in [1.165, 1.54) is 0 Å². The minimum Gasteiger partial charge on any atom is -0.357 e. The van der Waals surface area contributed by atoms with Gasteiger partial charge >= 0.3 is 0 Å². The van der Waals surface area contributed by atoms with Crippen LogP contribution >= 0.6 is 12.4 Å². The molecular weight excluding hydrogens is 266 g/mol. The van der Waals surface area contributed by atoms with Crippen molar-refractivity contribution in [3.63, 3.8) is 0 Å². The molecule has 0 aromatic rings. The first-order valence-corrected chi connectivity index (χ1v) is 6.91. The number of nitrogens with two attached hydrogens (primary N) is 1. The van der Waals surface area contributed by atoms with Crippen molar-refractivity contribution in [1.82, 2.24) is 10.2 Å². The van der Waals surface area contributed by atoms with Crippen LogP contribution in [0.15, 0.2) is 0 Å². The minimum absolute atomic E-state index is 0.